The first kappa shape index (κ1) is 79.6. The summed E-state index contributed by atoms with van der Waals surface area (Å²) >= 11 is 0. The molecule has 0 radical (unpaired) electrons. The van der Waals surface area contributed by atoms with Gasteiger partial charge in [0.1, 0.15) is 13.2 Å². The SMILES string of the molecule is CC/C=C\C/C=C\C/C=C\C/C=C\C/C=C\C/C=C\C/C=C\CCCCCCCCCCCCCC(=O)OCC(COC(=O)CCCCCCCCCCCCCCC)OC(=O)CCCCCCCCCCCCCCCCCCCCC. The topological polar surface area (TPSA) is 78.9 Å². The van der Waals surface area contributed by atoms with Gasteiger partial charge in [-0.2, -0.15) is 0 Å². The molecule has 6 heteroatoms. The van der Waals surface area contributed by atoms with Crippen LogP contribution in [0.2, 0.25) is 0 Å². The van der Waals surface area contributed by atoms with Crippen molar-refractivity contribution in [2.75, 3.05) is 13.2 Å². The van der Waals surface area contributed by atoms with Crippen molar-refractivity contribution in [2.45, 2.75) is 374 Å². The van der Waals surface area contributed by atoms with Crippen LogP contribution in [0.4, 0.5) is 0 Å². The lowest BCUT2D eigenvalue weighted by molar-refractivity contribution is -0.167. The summed E-state index contributed by atoms with van der Waals surface area (Å²) in [6.45, 7) is 6.58. The van der Waals surface area contributed by atoms with Gasteiger partial charge in [0.2, 0.25) is 0 Å². The van der Waals surface area contributed by atoms with E-state index in [9.17, 15) is 14.4 Å². The highest BCUT2D eigenvalue weighted by molar-refractivity contribution is 5.71. The Hall–Kier alpha value is -3.41. The second-order valence-corrected chi connectivity index (χ2v) is 24.1. The van der Waals surface area contributed by atoms with Gasteiger partial charge >= 0.3 is 17.9 Å². The number of esters is 3. The Morgan fingerprint density at radius 3 is 0.735 bits per heavy atom. The first-order valence-electron chi connectivity index (χ1n) is 36.1. The molecular formula is C77H136O6. The number of allylic oxidation sites excluding steroid dienone is 14. The molecule has 0 amide bonds. The molecule has 83 heavy (non-hydrogen) atoms. The third kappa shape index (κ3) is 69.3. The second kappa shape index (κ2) is 71.1. The number of hydrogen-bond acceptors (Lipinski definition) is 6. The minimum absolute atomic E-state index is 0.0703. The maximum atomic E-state index is 12.9. The van der Waals surface area contributed by atoms with Crippen LogP contribution < -0.4 is 0 Å². The number of ether oxygens (including phenoxy) is 3. The molecule has 0 aliphatic rings. The molecule has 0 aromatic rings. The zero-order valence-corrected chi connectivity index (χ0v) is 55.2. The molecule has 0 aliphatic carbocycles. The van der Waals surface area contributed by atoms with E-state index in [4.69, 9.17) is 14.2 Å². The maximum Gasteiger partial charge on any atom is 0.306 e. The van der Waals surface area contributed by atoms with Gasteiger partial charge in [0, 0.05) is 19.3 Å². The molecule has 0 N–H and O–H groups in total. The molecule has 1 atom stereocenters. The molecule has 0 spiro atoms. The zero-order valence-electron chi connectivity index (χ0n) is 55.2. The van der Waals surface area contributed by atoms with Gasteiger partial charge < -0.3 is 14.2 Å². The van der Waals surface area contributed by atoms with Crippen LogP contribution in [0.1, 0.15) is 367 Å². The number of carbonyl (C=O) groups excluding carboxylic acids is 3. The first-order valence-corrected chi connectivity index (χ1v) is 36.1. The van der Waals surface area contributed by atoms with E-state index in [0.29, 0.717) is 19.3 Å². The summed E-state index contributed by atoms with van der Waals surface area (Å²) in [5, 5.41) is 0. The normalized spacial score (nSPS) is 12.6. The second-order valence-electron chi connectivity index (χ2n) is 24.1. The zero-order chi connectivity index (χ0) is 59.9. The number of hydrogen-bond donors (Lipinski definition) is 0. The van der Waals surface area contributed by atoms with E-state index >= 15 is 0 Å². The van der Waals surface area contributed by atoms with Crippen molar-refractivity contribution in [2.24, 2.45) is 0 Å². The molecule has 0 saturated carbocycles. The third-order valence-electron chi connectivity index (χ3n) is 15.9. The van der Waals surface area contributed by atoms with Gasteiger partial charge in [-0.05, 0) is 77.0 Å². The molecular weight excluding hydrogens is 1020 g/mol. The van der Waals surface area contributed by atoms with Crippen molar-refractivity contribution in [3.63, 3.8) is 0 Å². The Morgan fingerprint density at radius 1 is 0.253 bits per heavy atom. The van der Waals surface area contributed by atoms with Crippen molar-refractivity contribution in [1.29, 1.82) is 0 Å². The first-order chi connectivity index (χ1) is 41.0. The Kier molecular flexibility index (Phi) is 68.2. The fourth-order valence-electron chi connectivity index (χ4n) is 10.5. The van der Waals surface area contributed by atoms with Gasteiger partial charge in [0.25, 0.3) is 0 Å². The van der Waals surface area contributed by atoms with Gasteiger partial charge in [0.15, 0.2) is 6.10 Å². The highest BCUT2D eigenvalue weighted by Crippen LogP contribution is 2.18. The third-order valence-corrected chi connectivity index (χ3v) is 15.9. The molecule has 1 unspecified atom stereocenters. The molecule has 0 aromatic carbocycles. The highest BCUT2D eigenvalue weighted by Gasteiger charge is 2.19. The average molecular weight is 1160 g/mol. The van der Waals surface area contributed by atoms with Crippen molar-refractivity contribution >= 4 is 17.9 Å². The minimum Gasteiger partial charge on any atom is -0.462 e. The predicted octanol–water partition coefficient (Wildman–Crippen LogP) is 25.0. The van der Waals surface area contributed by atoms with Gasteiger partial charge in [0.05, 0.1) is 0 Å². The molecule has 0 bridgehead atoms. The van der Waals surface area contributed by atoms with Crippen LogP contribution in [0.25, 0.3) is 0 Å². The fraction of sp³-hybridized carbons (Fsp3) is 0.779. The predicted molar refractivity (Wildman–Crippen MR) is 362 cm³/mol. The smallest absolute Gasteiger partial charge is 0.306 e. The Bertz CT molecular complexity index is 1570. The summed E-state index contributed by atoms with van der Waals surface area (Å²) in [6, 6.07) is 0. The van der Waals surface area contributed by atoms with E-state index in [1.54, 1.807) is 0 Å². The van der Waals surface area contributed by atoms with Crippen LogP contribution in [0.15, 0.2) is 85.1 Å². The van der Waals surface area contributed by atoms with Crippen molar-refractivity contribution in [3.05, 3.63) is 85.1 Å². The summed E-state index contributed by atoms with van der Waals surface area (Å²) in [4.78, 5) is 38.4. The van der Waals surface area contributed by atoms with E-state index in [1.165, 1.54) is 225 Å². The largest absolute Gasteiger partial charge is 0.462 e. The molecule has 480 valence electrons. The van der Waals surface area contributed by atoms with E-state index in [1.807, 2.05) is 0 Å². The van der Waals surface area contributed by atoms with E-state index < -0.39 is 6.10 Å². The van der Waals surface area contributed by atoms with E-state index in [-0.39, 0.29) is 31.1 Å². The van der Waals surface area contributed by atoms with Crippen molar-refractivity contribution in [1.82, 2.24) is 0 Å². The quantitative estimate of drug-likeness (QED) is 0.0261. The Morgan fingerprint density at radius 2 is 0.470 bits per heavy atom. The lowest BCUT2D eigenvalue weighted by atomic mass is 10.0. The van der Waals surface area contributed by atoms with Crippen LogP contribution in [-0.4, -0.2) is 37.2 Å². The van der Waals surface area contributed by atoms with Crippen molar-refractivity contribution < 1.29 is 28.6 Å². The monoisotopic (exact) mass is 1160 g/mol. The lowest BCUT2D eigenvalue weighted by Gasteiger charge is -2.18. The molecule has 0 aromatic heterocycles. The summed E-state index contributed by atoms with van der Waals surface area (Å²) in [6.07, 6.45) is 94.7. The molecule has 0 heterocycles. The van der Waals surface area contributed by atoms with Crippen LogP contribution in [0.5, 0.6) is 0 Å². The summed E-state index contributed by atoms with van der Waals surface area (Å²) in [5.41, 5.74) is 0. The highest BCUT2D eigenvalue weighted by atomic mass is 16.6. The maximum absolute atomic E-state index is 12.9. The lowest BCUT2D eigenvalue weighted by Crippen LogP contribution is -2.30. The van der Waals surface area contributed by atoms with E-state index in [2.05, 4.69) is 106 Å². The minimum atomic E-state index is -0.774. The molecule has 0 saturated heterocycles. The van der Waals surface area contributed by atoms with Gasteiger partial charge in [-0.15, -0.1) is 0 Å². The number of unbranched alkanes of at least 4 members (excludes halogenated alkanes) is 41. The standard InChI is InChI=1S/C77H136O6/c1-4-7-10-13-16-19-22-25-27-29-31-32-33-34-35-36-37-38-39-40-41-42-43-44-46-47-49-52-55-58-61-64-67-70-76(79)82-73-74(72-81-75(78)69-66-63-60-57-54-51-24-21-18-15-12-9-6-3)83-77(80)71-68-65-62-59-56-53-50-48-45-30-28-26-23-20-17-14-11-8-5-2/h7,10,16,19,25,27,31-32,34-35,37-38,40-41,74H,4-6,8-9,11-15,17-18,20-24,26,28-30,33,36,39,42-73H2,1-3H3/b10-7-,19-16-,27-25-,32-31-,35-34-,38-37-,41-40-. The van der Waals surface area contributed by atoms with Crippen LogP contribution in [0, 0.1) is 0 Å². The Balaban J connectivity index is 4.22. The average Bonchev–Trinajstić information content (AvgIpc) is 3.49. The van der Waals surface area contributed by atoms with Crippen LogP contribution >= 0.6 is 0 Å². The van der Waals surface area contributed by atoms with Crippen molar-refractivity contribution in [3.8, 4) is 0 Å². The van der Waals surface area contributed by atoms with Gasteiger partial charge in [-0.1, -0.05) is 356 Å². The van der Waals surface area contributed by atoms with Crippen LogP contribution in [0.3, 0.4) is 0 Å². The molecule has 0 fully saturated rings. The molecule has 0 rings (SSSR count). The number of rotatable bonds is 66. The summed E-state index contributed by atoms with van der Waals surface area (Å²) in [5.74, 6) is -0.850. The van der Waals surface area contributed by atoms with Gasteiger partial charge in [-0.25, -0.2) is 0 Å². The molecule has 6 nitrogen and oxygen atoms in total. The summed E-state index contributed by atoms with van der Waals surface area (Å²) < 4.78 is 17.0. The van der Waals surface area contributed by atoms with Crippen LogP contribution in [-0.2, 0) is 28.6 Å². The van der Waals surface area contributed by atoms with Gasteiger partial charge in [-0.3, -0.25) is 14.4 Å². The molecule has 0 aliphatic heterocycles. The van der Waals surface area contributed by atoms with E-state index in [0.717, 1.165) is 103 Å². The summed E-state index contributed by atoms with van der Waals surface area (Å²) in [7, 11) is 0. The Labute approximate surface area is 515 Å². The fourth-order valence-corrected chi connectivity index (χ4v) is 10.5. The number of carbonyl (C=O) groups is 3.